The van der Waals surface area contributed by atoms with Gasteiger partial charge in [-0.3, -0.25) is 9.59 Å². The van der Waals surface area contributed by atoms with Crippen molar-refractivity contribution in [2.45, 2.75) is 32.2 Å². The molecule has 2 amide bonds. The van der Waals surface area contributed by atoms with Gasteiger partial charge in [0.25, 0.3) is 5.91 Å². The Labute approximate surface area is 125 Å². The summed E-state index contributed by atoms with van der Waals surface area (Å²) in [7, 11) is 1.60. The van der Waals surface area contributed by atoms with Gasteiger partial charge in [-0.05, 0) is 42.5 Å². The molecule has 2 rings (SSSR count). The van der Waals surface area contributed by atoms with E-state index in [-0.39, 0.29) is 17.2 Å². The van der Waals surface area contributed by atoms with Gasteiger partial charge < -0.3 is 16.4 Å². The summed E-state index contributed by atoms with van der Waals surface area (Å²) in [4.78, 5) is 23.4. The minimum Gasteiger partial charge on any atom is -0.355 e. The topological polar surface area (TPSA) is 84.2 Å². The minimum absolute atomic E-state index is 0.0349. The van der Waals surface area contributed by atoms with Gasteiger partial charge >= 0.3 is 0 Å². The van der Waals surface area contributed by atoms with E-state index >= 15 is 0 Å². The first-order valence-electron chi connectivity index (χ1n) is 7.36. The Balaban J connectivity index is 1.82. The van der Waals surface area contributed by atoms with Crippen molar-refractivity contribution in [3.05, 3.63) is 35.4 Å². The number of nitrogens with two attached hydrogens (primary N) is 1. The Morgan fingerprint density at radius 3 is 2.38 bits per heavy atom. The zero-order valence-electron chi connectivity index (χ0n) is 12.4. The fourth-order valence-corrected chi connectivity index (χ4v) is 2.65. The second-order valence-electron chi connectivity index (χ2n) is 5.79. The van der Waals surface area contributed by atoms with Crippen molar-refractivity contribution in [3.8, 4) is 0 Å². The van der Waals surface area contributed by atoms with E-state index < -0.39 is 0 Å². The molecule has 0 saturated heterocycles. The normalized spacial score (nSPS) is 15.9. The van der Waals surface area contributed by atoms with E-state index in [4.69, 9.17) is 5.73 Å². The zero-order valence-corrected chi connectivity index (χ0v) is 12.4. The average Bonchev–Trinajstić information content (AvgIpc) is 2.48. The van der Waals surface area contributed by atoms with Crippen molar-refractivity contribution in [2.24, 2.45) is 11.1 Å². The number of carbonyl (C=O) groups excluding carboxylic acids is 2. The second kappa shape index (κ2) is 6.72. The largest absolute Gasteiger partial charge is 0.355 e. The van der Waals surface area contributed by atoms with Crippen LogP contribution in [0.25, 0.3) is 0 Å². The van der Waals surface area contributed by atoms with Gasteiger partial charge in [0.05, 0.1) is 0 Å². The molecule has 0 aromatic heterocycles. The summed E-state index contributed by atoms with van der Waals surface area (Å²) < 4.78 is 0. The highest BCUT2D eigenvalue weighted by Gasteiger charge is 2.37. The lowest BCUT2D eigenvalue weighted by atomic mass is 9.66. The molecule has 0 heterocycles. The minimum atomic E-state index is -0.111. The van der Waals surface area contributed by atoms with Crippen LogP contribution in [0.3, 0.4) is 0 Å². The SMILES string of the molecule is CNC(=O)c1ccc(CNC(=O)CC2(CN)CCC2)cc1. The highest BCUT2D eigenvalue weighted by molar-refractivity contribution is 5.93. The summed E-state index contributed by atoms with van der Waals surface area (Å²) in [6.45, 7) is 1.06. The Morgan fingerprint density at radius 2 is 1.90 bits per heavy atom. The predicted molar refractivity (Wildman–Crippen MR) is 81.6 cm³/mol. The number of hydrogen-bond donors (Lipinski definition) is 3. The summed E-state index contributed by atoms with van der Waals surface area (Å²) >= 11 is 0. The molecule has 0 atom stereocenters. The summed E-state index contributed by atoms with van der Waals surface area (Å²) in [6.07, 6.45) is 3.79. The van der Waals surface area contributed by atoms with Crippen molar-refractivity contribution >= 4 is 11.8 Å². The van der Waals surface area contributed by atoms with E-state index in [9.17, 15) is 9.59 Å². The van der Waals surface area contributed by atoms with E-state index in [1.54, 1.807) is 19.2 Å². The van der Waals surface area contributed by atoms with Gasteiger partial charge in [-0.25, -0.2) is 0 Å². The molecule has 1 aromatic carbocycles. The molecular formula is C16H23N3O2. The maximum Gasteiger partial charge on any atom is 0.251 e. The summed E-state index contributed by atoms with van der Waals surface area (Å²) in [5.41, 5.74) is 7.39. The van der Waals surface area contributed by atoms with Gasteiger partial charge in [0.15, 0.2) is 0 Å². The predicted octanol–water partition coefficient (Wildman–Crippen LogP) is 1.18. The van der Waals surface area contributed by atoms with E-state index in [0.717, 1.165) is 18.4 Å². The second-order valence-corrected chi connectivity index (χ2v) is 5.79. The zero-order chi connectivity index (χ0) is 15.3. The Kier molecular flexibility index (Phi) is 4.96. The highest BCUT2D eigenvalue weighted by Crippen LogP contribution is 2.42. The number of amides is 2. The number of benzene rings is 1. The van der Waals surface area contributed by atoms with Gasteiger partial charge in [0.1, 0.15) is 0 Å². The van der Waals surface area contributed by atoms with Crippen LogP contribution in [-0.2, 0) is 11.3 Å². The van der Waals surface area contributed by atoms with Gasteiger partial charge in [0.2, 0.25) is 5.91 Å². The summed E-state index contributed by atoms with van der Waals surface area (Å²) in [5.74, 6) is -0.0593. The number of carbonyl (C=O) groups is 2. The van der Waals surface area contributed by atoms with E-state index in [1.807, 2.05) is 12.1 Å². The molecule has 0 spiro atoms. The Hall–Kier alpha value is -1.88. The van der Waals surface area contributed by atoms with Crippen LogP contribution < -0.4 is 16.4 Å². The van der Waals surface area contributed by atoms with Crippen LogP contribution >= 0.6 is 0 Å². The third kappa shape index (κ3) is 3.82. The van der Waals surface area contributed by atoms with Gasteiger partial charge in [0, 0.05) is 25.6 Å². The summed E-state index contributed by atoms with van der Waals surface area (Å²) in [5, 5.41) is 5.50. The van der Waals surface area contributed by atoms with Crippen LogP contribution in [0.1, 0.15) is 41.6 Å². The maximum absolute atomic E-state index is 12.0. The van der Waals surface area contributed by atoms with Crippen LogP contribution in [0.2, 0.25) is 0 Å². The van der Waals surface area contributed by atoms with E-state index in [0.29, 0.717) is 25.1 Å². The molecule has 114 valence electrons. The van der Waals surface area contributed by atoms with Crippen LogP contribution in [0.5, 0.6) is 0 Å². The molecule has 1 aliphatic carbocycles. The summed E-state index contributed by atoms with van der Waals surface area (Å²) in [6, 6.07) is 7.22. The molecule has 0 aliphatic heterocycles. The molecular weight excluding hydrogens is 266 g/mol. The molecule has 5 nitrogen and oxygen atoms in total. The molecule has 4 N–H and O–H groups in total. The van der Waals surface area contributed by atoms with Crippen molar-refractivity contribution in [1.82, 2.24) is 10.6 Å². The lowest BCUT2D eigenvalue weighted by Crippen LogP contribution is -2.41. The van der Waals surface area contributed by atoms with Crippen LogP contribution in [0, 0.1) is 5.41 Å². The van der Waals surface area contributed by atoms with Crippen molar-refractivity contribution < 1.29 is 9.59 Å². The third-order valence-electron chi connectivity index (χ3n) is 4.32. The quantitative estimate of drug-likeness (QED) is 0.735. The van der Waals surface area contributed by atoms with Crippen molar-refractivity contribution in [1.29, 1.82) is 0 Å². The molecule has 1 fully saturated rings. The lowest BCUT2D eigenvalue weighted by Gasteiger charge is -2.40. The first-order chi connectivity index (χ1) is 10.1. The van der Waals surface area contributed by atoms with Crippen molar-refractivity contribution in [3.63, 3.8) is 0 Å². The monoisotopic (exact) mass is 289 g/mol. The van der Waals surface area contributed by atoms with E-state index in [2.05, 4.69) is 10.6 Å². The first kappa shape index (κ1) is 15.5. The molecule has 1 aromatic rings. The number of rotatable bonds is 6. The molecule has 1 saturated carbocycles. The van der Waals surface area contributed by atoms with E-state index in [1.165, 1.54) is 6.42 Å². The van der Waals surface area contributed by atoms with Crippen LogP contribution in [0.4, 0.5) is 0 Å². The number of hydrogen-bond acceptors (Lipinski definition) is 3. The fraction of sp³-hybridized carbons (Fsp3) is 0.500. The first-order valence-corrected chi connectivity index (χ1v) is 7.36. The molecule has 5 heteroatoms. The average molecular weight is 289 g/mol. The fourth-order valence-electron chi connectivity index (χ4n) is 2.65. The van der Waals surface area contributed by atoms with Gasteiger partial charge in [-0.2, -0.15) is 0 Å². The molecule has 21 heavy (non-hydrogen) atoms. The molecule has 1 aliphatic rings. The Morgan fingerprint density at radius 1 is 1.24 bits per heavy atom. The smallest absolute Gasteiger partial charge is 0.251 e. The maximum atomic E-state index is 12.0. The molecule has 0 bridgehead atoms. The number of nitrogens with one attached hydrogen (secondary N) is 2. The molecule has 0 radical (unpaired) electrons. The van der Waals surface area contributed by atoms with Crippen LogP contribution in [0.15, 0.2) is 24.3 Å². The molecule has 0 unspecified atom stereocenters. The lowest BCUT2D eigenvalue weighted by molar-refractivity contribution is -0.124. The Bertz CT molecular complexity index is 501. The highest BCUT2D eigenvalue weighted by atomic mass is 16.2. The van der Waals surface area contributed by atoms with Gasteiger partial charge in [-0.15, -0.1) is 0 Å². The van der Waals surface area contributed by atoms with Crippen molar-refractivity contribution in [2.75, 3.05) is 13.6 Å². The van der Waals surface area contributed by atoms with Crippen LogP contribution in [-0.4, -0.2) is 25.4 Å². The standard InChI is InChI=1S/C16H23N3O2/c1-18-15(21)13-5-3-12(4-6-13)10-19-14(20)9-16(11-17)7-2-8-16/h3-6H,2,7-11,17H2,1H3,(H,18,21)(H,19,20). The van der Waals surface area contributed by atoms with Gasteiger partial charge in [-0.1, -0.05) is 18.6 Å². The third-order valence-corrected chi connectivity index (χ3v) is 4.32.